The average molecular weight is 309 g/mol. The molecule has 3 nitrogen and oxygen atoms in total. The summed E-state index contributed by atoms with van der Waals surface area (Å²) in [6.45, 7) is 10.8. The highest BCUT2D eigenvalue weighted by Gasteiger charge is 2.61. The van der Waals surface area contributed by atoms with Crippen LogP contribution in [-0.4, -0.2) is 48.5 Å². The zero-order valence-corrected chi connectivity index (χ0v) is 14.8. The van der Waals surface area contributed by atoms with Gasteiger partial charge in [0.1, 0.15) is 0 Å². The number of rotatable bonds is 5. The number of ether oxygens (including phenoxy) is 1. The molecule has 1 saturated heterocycles. The lowest BCUT2D eigenvalue weighted by atomic mass is 9.70. The number of aliphatic hydroxyl groups is 1. The highest BCUT2D eigenvalue weighted by Crippen LogP contribution is 2.66. The minimum atomic E-state index is -0.330. The molecule has 3 aliphatic rings. The van der Waals surface area contributed by atoms with Crippen molar-refractivity contribution in [1.82, 2.24) is 4.90 Å². The number of fused-ring (bicyclic) bond motifs is 2. The van der Waals surface area contributed by atoms with Gasteiger partial charge in [-0.3, -0.25) is 0 Å². The number of hydrogen-bond donors (Lipinski definition) is 1. The van der Waals surface area contributed by atoms with Crippen LogP contribution in [-0.2, 0) is 4.74 Å². The molecular formula is C19H35NO2. The monoisotopic (exact) mass is 309 g/mol. The zero-order chi connectivity index (χ0) is 15.8. The topological polar surface area (TPSA) is 32.7 Å². The van der Waals surface area contributed by atoms with Crippen LogP contribution in [0.15, 0.2) is 0 Å². The van der Waals surface area contributed by atoms with Crippen LogP contribution in [0, 0.1) is 16.7 Å². The molecule has 3 rings (SSSR count). The molecule has 2 bridgehead atoms. The minimum Gasteiger partial charge on any atom is -0.389 e. The Kier molecular flexibility index (Phi) is 4.87. The summed E-state index contributed by atoms with van der Waals surface area (Å²) in [5, 5.41) is 10.4. The van der Waals surface area contributed by atoms with Crippen molar-refractivity contribution in [3.63, 3.8) is 0 Å². The second kappa shape index (κ2) is 6.41. The van der Waals surface area contributed by atoms with E-state index in [0.29, 0.717) is 23.5 Å². The third-order valence-electron chi connectivity index (χ3n) is 7.37. The largest absolute Gasteiger partial charge is 0.389 e. The number of β-amino-alcohol motifs (C(OH)–C–C–N with tert-alkyl or cyclic N) is 1. The summed E-state index contributed by atoms with van der Waals surface area (Å²) in [5.74, 6) is 0.810. The van der Waals surface area contributed by atoms with Crippen molar-refractivity contribution in [2.75, 3.05) is 26.2 Å². The van der Waals surface area contributed by atoms with Gasteiger partial charge in [-0.05, 0) is 61.9 Å². The van der Waals surface area contributed by atoms with E-state index in [9.17, 15) is 5.11 Å². The quantitative estimate of drug-likeness (QED) is 0.844. The molecular weight excluding hydrogens is 274 g/mol. The predicted octanol–water partition coefficient (Wildman–Crippen LogP) is 3.45. The molecule has 4 atom stereocenters. The van der Waals surface area contributed by atoms with Crippen LogP contribution in [0.4, 0.5) is 0 Å². The smallest absolute Gasteiger partial charge is 0.0900 e. The average Bonchev–Trinajstić information content (AvgIpc) is 2.74. The Labute approximate surface area is 136 Å². The lowest BCUT2D eigenvalue weighted by Gasteiger charge is -2.39. The molecule has 3 fully saturated rings. The summed E-state index contributed by atoms with van der Waals surface area (Å²) in [5.41, 5.74) is 0.702. The van der Waals surface area contributed by atoms with Crippen molar-refractivity contribution < 1.29 is 9.84 Å². The maximum atomic E-state index is 10.4. The van der Waals surface area contributed by atoms with E-state index in [4.69, 9.17) is 4.74 Å². The van der Waals surface area contributed by atoms with Gasteiger partial charge < -0.3 is 14.7 Å². The summed E-state index contributed by atoms with van der Waals surface area (Å²) in [4.78, 5) is 2.42. The number of likely N-dealkylation sites (tertiary alicyclic amines) is 1. The maximum absolute atomic E-state index is 10.4. The van der Waals surface area contributed by atoms with Crippen molar-refractivity contribution in [2.24, 2.45) is 16.7 Å². The second-order valence-electron chi connectivity index (χ2n) is 8.80. The van der Waals surface area contributed by atoms with Gasteiger partial charge >= 0.3 is 0 Å². The van der Waals surface area contributed by atoms with E-state index in [1.165, 1.54) is 44.9 Å². The van der Waals surface area contributed by atoms with E-state index in [1.807, 2.05) is 0 Å². The third-order valence-corrected chi connectivity index (χ3v) is 7.37. The van der Waals surface area contributed by atoms with Crippen LogP contribution < -0.4 is 0 Å². The van der Waals surface area contributed by atoms with Gasteiger partial charge in [-0.25, -0.2) is 0 Å². The summed E-state index contributed by atoms with van der Waals surface area (Å²) in [7, 11) is 0. The summed E-state index contributed by atoms with van der Waals surface area (Å²) >= 11 is 0. The molecule has 1 N–H and O–H groups in total. The number of hydrogen-bond acceptors (Lipinski definition) is 3. The summed E-state index contributed by atoms with van der Waals surface area (Å²) in [6, 6.07) is 0. The minimum absolute atomic E-state index is 0.306. The van der Waals surface area contributed by atoms with Gasteiger partial charge in [0.2, 0.25) is 0 Å². The zero-order valence-electron chi connectivity index (χ0n) is 14.8. The van der Waals surface area contributed by atoms with Gasteiger partial charge in [0.05, 0.1) is 18.8 Å². The van der Waals surface area contributed by atoms with Crippen molar-refractivity contribution in [1.29, 1.82) is 0 Å². The lowest BCUT2D eigenvalue weighted by Crippen LogP contribution is -2.40. The Bertz CT molecular complexity index is 376. The molecule has 22 heavy (non-hydrogen) atoms. The first kappa shape index (κ1) is 16.7. The van der Waals surface area contributed by atoms with Gasteiger partial charge in [-0.2, -0.15) is 0 Å². The highest BCUT2D eigenvalue weighted by atomic mass is 16.5. The molecule has 3 heteroatoms. The summed E-state index contributed by atoms with van der Waals surface area (Å²) in [6.07, 6.45) is 9.12. The molecule has 2 aliphatic carbocycles. The molecule has 1 heterocycles. The van der Waals surface area contributed by atoms with Crippen LogP contribution >= 0.6 is 0 Å². The van der Waals surface area contributed by atoms with Gasteiger partial charge in [0, 0.05) is 6.54 Å². The first-order chi connectivity index (χ1) is 10.4. The van der Waals surface area contributed by atoms with E-state index >= 15 is 0 Å². The molecule has 0 aromatic rings. The molecule has 128 valence electrons. The van der Waals surface area contributed by atoms with Crippen molar-refractivity contribution in [3.05, 3.63) is 0 Å². The number of nitrogens with zero attached hydrogens (tertiary/aromatic N) is 1. The second-order valence-corrected chi connectivity index (χ2v) is 8.80. The van der Waals surface area contributed by atoms with E-state index < -0.39 is 0 Å². The van der Waals surface area contributed by atoms with E-state index in [-0.39, 0.29) is 6.10 Å². The van der Waals surface area contributed by atoms with E-state index in [1.54, 1.807) is 0 Å². The van der Waals surface area contributed by atoms with Crippen LogP contribution in [0.1, 0.15) is 65.7 Å². The standard InChI is InChI=1S/C19H35NO2/c1-18(2)15-8-9-19(18,3)17(12-15)22-14-16(21)13-20-10-6-4-5-7-11-20/h15-17,21H,4-14H2,1-3H3. The van der Waals surface area contributed by atoms with Crippen LogP contribution in [0.25, 0.3) is 0 Å². The van der Waals surface area contributed by atoms with Crippen LogP contribution in [0.2, 0.25) is 0 Å². The molecule has 0 aromatic heterocycles. The Hall–Kier alpha value is -0.120. The Morgan fingerprint density at radius 3 is 2.36 bits per heavy atom. The highest BCUT2D eigenvalue weighted by molar-refractivity contribution is 5.11. The molecule has 0 radical (unpaired) electrons. The van der Waals surface area contributed by atoms with E-state index in [2.05, 4.69) is 25.7 Å². The molecule has 0 spiro atoms. The molecule has 4 unspecified atom stereocenters. The van der Waals surface area contributed by atoms with Crippen molar-refractivity contribution >= 4 is 0 Å². The number of aliphatic hydroxyl groups excluding tert-OH is 1. The fourth-order valence-corrected chi connectivity index (χ4v) is 5.28. The fourth-order valence-electron chi connectivity index (χ4n) is 5.28. The van der Waals surface area contributed by atoms with Gasteiger partial charge in [-0.15, -0.1) is 0 Å². The first-order valence-corrected chi connectivity index (χ1v) is 9.45. The van der Waals surface area contributed by atoms with Crippen molar-refractivity contribution in [2.45, 2.75) is 77.9 Å². The van der Waals surface area contributed by atoms with Gasteiger partial charge in [-0.1, -0.05) is 33.6 Å². The van der Waals surface area contributed by atoms with Gasteiger partial charge in [0.25, 0.3) is 0 Å². The summed E-state index contributed by atoms with van der Waals surface area (Å²) < 4.78 is 6.23. The van der Waals surface area contributed by atoms with E-state index in [0.717, 1.165) is 25.6 Å². The first-order valence-electron chi connectivity index (χ1n) is 9.45. The predicted molar refractivity (Wildman–Crippen MR) is 89.9 cm³/mol. The van der Waals surface area contributed by atoms with Gasteiger partial charge in [0.15, 0.2) is 0 Å². The molecule has 0 aromatic carbocycles. The lowest BCUT2D eigenvalue weighted by molar-refractivity contribution is -0.0791. The molecule has 1 aliphatic heterocycles. The van der Waals surface area contributed by atoms with Crippen molar-refractivity contribution in [3.8, 4) is 0 Å². The molecule has 2 saturated carbocycles. The Morgan fingerprint density at radius 2 is 1.82 bits per heavy atom. The van der Waals surface area contributed by atoms with Crippen LogP contribution in [0.5, 0.6) is 0 Å². The Balaban J connectivity index is 1.46. The fraction of sp³-hybridized carbons (Fsp3) is 1.00. The SMILES string of the molecule is CC1(C)C2CCC1(C)C(OCC(O)CN1CCCCCC1)C2. The maximum Gasteiger partial charge on any atom is 0.0900 e. The normalized spacial score (nSPS) is 39.8. The Morgan fingerprint density at radius 1 is 1.14 bits per heavy atom. The molecule has 0 amide bonds. The third kappa shape index (κ3) is 2.97. The van der Waals surface area contributed by atoms with Crippen LogP contribution in [0.3, 0.4) is 0 Å².